The normalized spacial score (nSPS) is 17.8. The Kier molecular flexibility index (Phi) is 5.12. The van der Waals surface area contributed by atoms with Crippen LogP contribution in [0, 0.1) is 0 Å². The van der Waals surface area contributed by atoms with Gasteiger partial charge < -0.3 is 10.1 Å². The first-order valence-corrected chi connectivity index (χ1v) is 10.8. The van der Waals surface area contributed by atoms with Gasteiger partial charge in [0.2, 0.25) is 0 Å². The molecule has 158 valence electrons. The van der Waals surface area contributed by atoms with E-state index in [0.717, 1.165) is 55.2 Å². The number of fused-ring (bicyclic) bond motifs is 1. The standard InChI is InChI=1S/C26H27N3O2/c1-31-22-13-11-21(12-14-22)29-25(30)23-9-5-6-10-24(23)27-26(29)15-17-28(18-16-26)19-20-7-3-2-4-8-20/h2-14,27H,15-19H2,1H3. The van der Waals surface area contributed by atoms with Crippen molar-refractivity contribution in [2.45, 2.75) is 25.0 Å². The fraction of sp³-hybridized carbons (Fsp3) is 0.269. The van der Waals surface area contributed by atoms with Gasteiger partial charge in [-0.15, -0.1) is 0 Å². The zero-order chi connectivity index (χ0) is 21.3. The number of anilines is 2. The topological polar surface area (TPSA) is 44.8 Å². The van der Waals surface area contributed by atoms with E-state index in [2.05, 4.69) is 40.5 Å². The average molecular weight is 414 g/mol. The van der Waals surface area contributed by atoms with Crippen LogP contribution in [0.4, 0.5) is 11.4 Å². The summed E-state index contributed by atoms with van der Waals surface area (Å²) in [5.74, 6) is 0.837. The Morgan fingerprint density at radius 3 is 2.29 bits per heavy atom. The van der Waals surface area contributed by atoms with E-state index in [-0.39, 0.29) is 5.91 Å². The summed E-state index contributed by atoms with van der Waals surface area (Å²) in [6.45, 7) is 2.78. The second kappa shape index (κ2) is 8.08. The number of nitrogens with one attached hydrogen (secondary N) is 1. The second-order valence-corrected chi connectivity index (χ2v) is 8.30. The molecule has 2 aliphatic heterocycles. The quantitative estimate of drug-likeness (QED) is 0.670. The minimum Gasteiger partial charge on any atom is -0.497 e. The molecule has 5 heteroatoms. The molecule has 0 atom stereocenters. The zero-order valence-corrected chi connectivity index (χ0v) is 17.8. The second-order valence-electron chi connectivity index (χ2n) is 8.30. The minimum atomic E-state index is -0.437. The Hall–Kier alpha value is -3.31. The molecule has 1 N–H and O–H groups in total. The molecule has 1 amide bonds. The van der Waals surface area contributed by atoms with Gasteiger partial charge >= 0.3 is 0 Å². The van der Waals surface area contributed by atoms with Gasteiger partial charge in [0.15, 0.2) is 0 Å². The number of hydrogen-bond acceptors (Lipinski definition) is 4. The summed E-state index contributed by atoms with van der Waals surface area (Å²) in [6.07, 6.45) is 1.71. The predicted octanol–water partition coefficient (Wildman–Crippen LogP) is 4.76. The molecule has 5 rings (SSSR count). The highest BCUT2D eigenvalue weighted by Crippen LogP contribution is 2.41. The molecular formula is C26H27N3O2. The van der Waals surface area contributed by atoms with Crippen molar-refractivity contribution in [1.29, 1.82) is 0 Å². The first-order valence-electron chi connectivity index (χ1n) is 10.8. The Labute approximate surface area is 183 Å². The van der Waals surface area contributed by atoms with Gasteiger partial charge in [0.1, 0.15) is 11.4 Å². The van der Waals surface area contributed by atoms with Crippen LogP contribution in [0.25, 0.3) is 0 Å². The minimum absolute atomic E-state index is 0.0519. The van der Waals surface area contributed by atoms with Gasteiger partial charge in [0.05, 0.1) is 12.7 Å². The zero-order valence-electron chi connectivity index (χ0n) is 17.8. The van der Waals surface area contributed by atoms with Crippen LogP contribution in [-0.2, 0) is 6.54 Å². The number of carbonyl (C=O) groups is 1. The molecule has 0 radical (unpaired) electrons. The lowest BCUT2D eigenvalue weighted by Crippen LogP contribution is -2.64. The smallest absolute Gasteiger partial charge is 0.262 e. The van der Waals surface area contributed by atoms with Crippen LogP contribution in [0.15, 0.2) is 78.9 Å². The lowest BCUT2D eigenvalue weighted by atomic mass is 9.89. The van der Waals surface area contributed by atoms with E-state index in [1.807, 2.05) is 53.4 Å². The van der Waals surface area contributed by atoms with Crippen molar-refractivity contribution in [2.75, 3.05) is 30.4 Å². The van der Waals surface area contributed by atoms with Crippen molar-refractivity contribution < 1.29 is 9.53 Å². The maximum absolute atomic E-state index is 13.7. The van der Waals surface area contributed by atoms with Crippen LogP contribution in [0.3, 0.4) is 0 Å². The molecule has 1 spiro atoms. The molecule has 1 fully saturated rings. The van der Waals surface area contributed by atoms with Crippen LogP contribution in [0.2, 0.25) is 0 Å². The summed E-state index contributed by atoms with van der Waals surface area (Å²) >= 11 is 0. The maximum Gasteiger partial charge on any atom is 0.262 e. The monoisotopic (exact) mass is 413 g/mol. The first-order chi connectivity index (χ1) is 15.2. The van der Waals surface area contributed by atoms with Gasteiger partial charge in [-0.3, -0.25) is 14.6 Å². The van der Waals surface area contributed by atoms with Crippen molar-refractivity contribution in [1.82, 2.24) is 4.90 Å². The molecule has 3 aromatic carbocycles. The van der Waals surface area contributed by atoms with Gasteiger partial charge in [-0.25, -0.2) is 0 Å². The molecule has 1 saturated heterocycles. The van der Waals surface area contributed by atoms with Gasteiger partial charge in [0.25, 0.3) is 5.91 Å². The van der Waals surface area contributed by atoms with Crippen LogP contribution < -0.4 is 15.0 Å². The Morgan fingerprint density at radius 1 is 0.903 bits per heavy atom. The van der Waals surface area contributed by atoms with Crippen molar-refractivity contribution in [3.05, 3.63) is 90.0 Å². The Bertz CT molecular complexity index is 1060. The van der Waals surface area contributed by atoms with Gasteiger partial charge in [-0.1, -0.05) is 42.5 Å². The number of methoxy groups -OCH3 is 1. The lowest BCUT2D eigenvalue weighted by Gasteiger charge is -2.52. The van der Waals surface area contributed by atoms with E-state index in [0.29, 0.717) is 0 Å². The van der Waals surface area contributed by atoms with Crippen LogP contribution in [0.5, 0.6) is 5.75 Å². The molecule has 2 aliphatic rings. The number of benzene rings is 3. The summed E-state index contributed by atoms with van der Waals surface area (Å²) in [7, 11) is 1.66. The maximum atomic E-state index is 13.7. The van der Waals surface area contributed by atoms with Gasteiger partial charge in [-0.05, 0) is 42.0 Å². The molecule has 2 heterocycles. The summed E-state index contributed by atoms with van der Waals surface area (Å²) in [6, 6.07) is 26.2. The third-order valence-electron chi connectivity index (χ3n) is 6.42. The number of para-hydroxylation sites is 1. The Balaban J connectivity index is 1.45. The first kappa shape index (κ1) is 19.6. The highest BCUT2D eigenvalue weighted by Gasteiger charge is 2.47. The number of ether oxygens (including phenoxy) is 1. The predicted molar refractivity (Wildman–Crippen MR) is 124 cm³/mol. The SMILES string of the molecule is COc1ccc(N2C(=O)c3ccccc3NC23CCN(Cc2ccccc2)CC3)cc1. The fourth-order valence-corrected chi connectivity index (χ4v) is 4.77. The highest BCUT2D eigenvalue weighted by molar-refractivity contribution is 6.12. The molecule has 0 aromatic heterocycles. The third-order valence-corrected chi connectivity index (χ3v) is 6.42. The van der Waals surface area contributed by atoms with Crippen molar-refractivity contribution >= 4 is 17.3 Å². The van der Waals surface area contributed by atoms with Crippen LogP contribution in [-0.4, -0.2) is 36.7 Å². The van der Waals surface area contributed by atoms with E-state index in [4.69, 9.17) is 4.74 Å². The number of piperidine rings is 1. The molecule has 0 saturated carbocycles. The summed E-state index contributed by atoms with van der Waals surface area (Å²) in [5, 5.41) is 3.75. The summed E-state index contributed by atoms with van der Waals surface area (Å²) in [4.78, 5) is 18.1. The number of amides is 1. The highest BCUT2D eigenvalue weighted by atomic mass is 16.5. The van der Waals surface area contributed by atoms with E-state index in [1.54, 1.807) is 7.11 Å². The number of carbonyl (C=O) groups excluding carboxylic acids is 1. The van der Waals surface area contributed by atoms with E-state index in [1.165, 1.54) is 5.56 Å². The van der Waals surface area contributed by atoms with Gasteiger partial charge in [-0.2, -0.15) is 0 Å². The molecule has 31 heavy (non-hydrogen) atoms. The van der Waals surface area contributed by atoms with E-state index >= 15 is 0 Å². The van der Waals surface area contributed by atoms with Crippen LogP contribution in [0.1, 0.15) is 28.8 Å². The Morgan fingerprint density at radius 2 is 1.58 bits per heavy atom. The van der Waals surface area contributed by atoms with Crippen molar-refractivity contribution in [3.8, 4) is 5.75 Å². The van der Waals surface area contributed by atoms with E-state index in [9.17, 15) is 4.79 Å². The van der Waals surface area contributed by atoms with Crippen molar-refractivity contribution in [3.63, 3.8) is 0 Å². The molecule has 0 aliphatic carbocycles. The molecule has 0 unspecified atom stereocenters. The fourth-order valence-electron chi connectivity index (χ4n) is 4.77. The number of rotatable bonds is 4. The third kappa shape index (κ3) is 3.66. The van der Waals surface area contributed by atoms with Crippen LogP contribution >= 0.6 is 0 Å². The largest absolute Gasteiger partial charge is 0.497 e. The average Bonchev–Trinajstić information content (AvgIpc) is 2.82. The molecule has 3 aromatic rings. The number of hydrogen-bond donors (Lipinski definition) is 1. The molecule has 0 bridgehead atoms. The van der Waals surface area contributed by atoms with Gasteiger partial charge in [0, 0.05) is 43.9 Å². The molecule has 5 nitrogen and oxygen atoms in total. The summed E-state index contributed by atoms with van der Waals surface area (Å²) in [5.41, 5.74) is 3.42. The number of nitrogens with zero attached hydrogens (tertiary/aromatic N) is 2. The lowest BCUT2D eigenvalue weighted by molar-refractivity contribution is 0.0904. The van der Waals surface area contributed by atoms with E-state index < -0.39 is 5.66 Å². The summed E-state index contributed by atoms with van der Waals surface area (Å²) < 4.78 is 5.32. The van der Waals surface area contributed by atoms with Crippen molar-refractivity contribution in [2.24, 2.45) is 0 Å². The number of likely N-dealkylation sites (tertiary alicyclic amines) is 1. The molecular weight excluding hydrogens is 386 g/mol.